The Morgan fingerprint density at radius 3 is 1.64 bits per heavy atom. The summed E-state index contributed by atoms with van der Waals surface area (Å²) in [5.41, 5.74) is 1.38. The van der Waals surface area contributed by atoms with Crippen LogP contribution in [0.3, 0.4) is 0 Å². The molecule has 0 aliphatic rings. The van der Waals surface area contributed by atoms with Gasteiger partial charge < -0.3 is 9.47 Å². The van der Waals surface area contributed by atoms with Crippen molar-refractivity contribution in [2.45, 2.75) is 19.1 Å². The molecule has 0 saturated heterocycles. The van der Waals surface area contributed by atoms with Crippen LogP contribution in [-0.2, 0) is 19.1 Å². The molecule has 0 aliphatic heterocycles. The van der Waals surface area contributed by atoms with Crippen LogP contribution < -0.4 is 0 Å². The van der Waals surface area contributed by atoms with Crippen LogP contribution in [0.1, 0.15) is 26.3 Å². The zero-order valence-electron chi connectivity index (χ0n) is 13.5. The van der Waals surface area contributed by atoms with Crippen molar-refractivity contribution >= 4 is 24.5 Å². The third-order valence-electron chi connectivity index (χ3n) is 3.38. The van der Waals surface area contributed by atoms with Crippen molar-refractivity contribution in [2.75, 3.05) is 0 Å². The summed E-state index contributed by atoms with van der Waals surface area (Å²) in [5, 5.41) is 0. The molecule has 0 saturated carbocycles. The second-order valence-corrected chi connectivity index (χ2v) is 5.24. The van der Waals surface area contributed by atoms with Crippen LogP contribution in [-0.4, -0.2) is 36.7 Å². The van der Waals surface area contributed by atoms with Gasteiger partial charge in [-0.15, -0.1) is 0 Å². The molecule has 2 rings (SSSR count). The molecule has 25 heavy (non-hydrogen) atoms. The summed E-state index contributed by atoms with van der Waals surface area (Å²) in [6.45, 7) is 1.86. The van der Waals surface area contributed by atoms with E-state index in [1.165, 1.54) is 24.3 Å². The molecule has 0 amide bonds. The summed E-state index contributed by atoms with van der Waals surface area (Å²) in [5.74, 6) is -1.59. The highest BCUT2D eigenvalue weighted by Gasteiger charge is 2.29. The topological polar surface area (TPSA) is 86.7 Å². The number of ether oxygens (including phenoxy) is 2. The van der Waals surface area contributed by atoms with Crippen molar-refractivity contribution in [1.29, 1.82) is 0 Å². The van der Waals surface area contributed by atoms with Crippen LogP contribution in [0, 0.1) is 6.92 Å². The first kappa shape index (κ1) is 18.1. The molecule has 2 atom stereocenters. The van der Waals surface area contributed by atoms with Crippen LogP contribution in [0.15, 0.2) is 54.6 Å². The Morgan fingerprint density at radius 1 is 0.760 bits per heavy atom. The monoisotopic (exact) mass is 340 g/mol. The van der Waals surface area contributed by atoms with Gasteiger partial charge in [-0.05, 0) is 31.2 Å². The Kier molecular flexibility index (Phi) is 6.17. The van der Waals surface area contributed by atoms with Crippen molar-refractivity contribution in [3.63, 3.8) is 0 Å². The van der Waals surface area contributed by atoms with Gasteiger partial charge in [0.05, 0.1) is 11.1 Å². The molecule has 0 aliphatic carbocycles. The van der Waals surface area contributed by atoms with E-state index in [1.807, 2.05) is 6.92 Å². The van der Waals surface area contributed by atoms with Gasteiger partial charge in [0, 0.05) is 0 Å². The Balaban J connectivity index is 2.07. The van der Waals surface area contributed by atoms with Crippen molar-refractivity contribution in [3.8, 4) is 0 Å². The second kappa shape index (κ2) is 8.54. The number of aryl methyl sites for hydroxylation is 1. The van der Waals surface area contributed by atoms with Crippen molar-refractivity contribution in [1.82, 2.24) is 0 Å². The molecule has 6 nitrogen and oxygen atoms in total. The van der Waals surface area contributed by atoms with E-state index in [0.717, 1.165) is 5.56 Å². The number of carbonyl (C=O) groups is 4. The smallest absolute Gasteiger partial charge is 0.338 e. The van der Waals surface area contributed by atoms with E-state index in [4.69, 9.17) is 9.47 Å². The first-order valence-corrected chi connectivity index (χ1v) is 7.49. The van der Waals surface area contributed by atoms with Gasteiger partial charge in [-0.3, -0.25) is 9.59 Å². The summed E-state index contributed by atoms with van der Waals surface area (Å²) >= 11 is 0. The highest BCUT2D eigenvalue weighted by molar-refractivity contribution is 5.92. The minimum Gasteiger partial charge on any atom is -0.447 e. The number of rotatable bonds is 7. The number of esters is 2. The van der Waals surface area contributed by atoms with Crippen LogP contribution in [0.25, 0.3) is 0 Å². The van der Waals surface area contributed by atoms with Gasteiger partial charge in [0.25, 0.3) is 0 Å². The van der Waals surface area contributed by atoms with Gasteiger partial charge in [-0.1, -0.05) is 35.9 Å². The Bertz CT molecular complexity index is 751. The minimum atomic E-state index is -1.53. The van der Waals surface area contributed by atoms with Crippen molar-refractivity contribution < 1.29 is 28.7 Å². The molecule has 0 aromatic heterocycles. The van der Waals surface area contributed by atoms with Gasteiger partial charge in [0.15, 0.2) is 12.6 Å². The molecular weight excluding hydrogens is 324 g/mol. The van der Waals surface area contributed by atoms with Gasteiger partial charge in [-0.2, -0.15) is 0 Å². The zero-order valence-corrected chi connectivity index (χ0v) is 13.5. The van der Waals surface area contributed by atoms with Gasteiger partial charge in [0.1, 0.15) is 0 Å². The van der Waals surface area contributed by atoms with Gasteiger partial charge >= 0.3 is 11.9 Å². The summed E-state index contributed by atoms with van der Waals surface area (Å²) < 4.78 is 9.98. The first-order valence-electron chi connectivity index (χ1n) is 7.49. The average molecular weight is 340 g/mol. The van der Waals surface area contributed by atoms with Crippen LogP contribution >= 0.6 is 0 Å². The quantitative estimate of drug-likeness (QED) is 0.567. The molecule has 0 radical (unpaired) electrons. The largest absolute Gasteiger partial charge is 0.447 e. The lowest BCUT2D eigenvalue weighted by molar-refractivity contribution is -0.130. The highest BCUT2D eigenvalue weighted by atomic mass is 16.6. The van der Waals surface area contributed by atoms with E-state index in [9.17, 15) is 19.2 Å². The molecule has 0 heterocycles. The average Bonchev–Trinajstić information content (AvgIpc) is 2.65. The molecule has 2 unspecified atom stereocenters. The maximum Gasteiger partial charge on any atom is 0.338 e. The molecule has 6 heteroatoms. The molecule has 0 fully saturated rings. The Morgan fingerprint density at radius 2 is 1.20 bits per heavy atom. The standard InChI is InChI=1S/C19H16O6/c1-13-7-9-15(10-8-13)19(23)25-17(12-21)16(11-20)24-18(22)14-5-3-2-4-6-14/h2-12,16-17H,1H3. The third kappa shape index (κ3) is 4.84. The fourth-order valence-electron chi connectivity index (χ4n) is 1.99. The summed E-state index contributed by atoms with van der Waals surface area (Å²) in [4.78, 5) is 46.5. The first-order chi connectivity index (χ1) is 12.0. The van der Waals surface area contributed by atoms with Gasteiger partial charge in [-0.25, -0.2) is 9.59 Å². The number of aldehydes is 2. The molecular formula is C19H16O6. The fraction of sp³-hybridized carbons (Fsp3) is 0.158. The lowest BCUT2D eigenvalue weighted by atomic mass is 10.1. The molecule has 0 N–H and O–H groups in total. The zero-order chi connectivity index (χ0) is 18.2. The molecule has 2 aromatic rings. The minimum absolute atomic E-state index is 0.212. The lowest BCUT2D eigenvalue weighted by Gasteiger charge is -2.18. The highest BCUT2D eigenvalue weighted by Crippen LogP contribution is 2.11. The van der Waals surface area contributed by atoms with Crippen LogP contribution in [0.5, 0.6) is 0 Å². The predicted molar refractivity (Wildman–Crippen MR) is 88.2 cm³/mol. The molecule has 128 valence electrons. The van der Waals surface area contributed by atoms with E-state index < -0.39 is 24.1 Å². The van der Waals surface area contributed by atoms with Crippen LogP contribution in [0.4, 0.5) is 0 Å². The Labute approximate surface area is 144 Å². The summed E-state index contributed by atoms with van der Waals surface area (Å²) in [7, 11) is 0. The van der Waals surface area contributed by atoms with E-state index in [2.05, 4.69) is 0 Å². The van der Waals surface area contributed by atoms with E-state index >= 15 is 0 Å². The number of hydrogen-bond donors (Lipinski definition) is 0. The lowest BCUT2D eigenvalue weighted by Crippen LogP contribution is -2.37. The molecule has 0 spiro atoms. The number of benzene rings is 2. The Hall–Kier alpha value is -3.28. The van der Waals surface area contributed by atoms with Crippen molar-refractivity contribution in [3.05, 3.63) is 71.3 Å². The van der Waals surface area contributed by atoms with Gasteiger partial charge in [0.2, 0.25) is 12.2 Å². The number of carbonyl (C=O) groups excluding carboxylic acids is 4. The van der Waals surface area contributed by atoms with E-state index in [0.29, 0.717) is 0 Å². The van der Waals surface area contributed by atoms with E-state index in [1.54, 1.807) is 30.3 Å². The summed E-state index contributed by atoms with van der Waals surface area (Å²) in [6.07, 6.45) is -2.55. The molecule has 2 aromatic carbocycles. The van der Waals surface area contributed by atoms with Crippen LogP contribution in [0.2, 0.25) is 0 Å². The number of hydrogen-bond acceptors (Lipinski definition) is 6. The third-order valence-corrected chi connectivity index (χ3v) is 3.38. The maximum absolute atomic E-state index is 12.1. The van der Waals surface area contributed by atoms with E-state index in [-0.39, 0.29) is 23.7 Å². The normalized spacial score (nSPS) is 12.5. The van der Waals surface area contributed by atoms with Crippen molar-refractivity contribution in [2.24, 2.45) is 0 Å². The maximum atomic E-state index is 12.1. The fourth-order valence-corrected chi connectivity index (χ4v) is 1.99. The predicted octanol–water partition coefficient (Wildman–Crippen LogP) is 2.14. The SMILES string of the molecule is Cc1ccc(C(=O)OC(C=O)C(C=O)OC(=O)c2ccccc2)cc1. The summed E-state index contributed by atoms with van der Waals surface area (Å²) in [6, 6.07) is 14.4. The molecule has 0 bridgehead atoms. The second-order valence-electron chi connectivity index (χ2n) is 5.24.